The van der Waals surface area contributed by atoms with Gasteiger partial charge in [0.05, 0.1) is 17.7 Å². The number of ether oxygens (including phenoxy) is 2. The van der Waals surface area contributed by atoms with Gasteiger partial charge in [0, 0.05) is 0 Å². The van der Waals surface area contributed by atoms with E-state index in [1.165, 1.54) is 6.92 Å². The summed E-state index contributed by atoms with van der Waals surface area (Å²) in [5.74, 6) is -1.34. The van der Waals surface area contributed by atoms with E-state index in [2.05, 4.69) is 4.74 Å². The molecular formula is C12H10F3NO3. The molecule has 0 unspecified atom stereocenters. The number of carbonyl (C=O) groups is 1. The lowest BCUT2D eigenvalue weighted by Crippen LogP contribution is -2.18. The van der Waals surface area contributed by atoms with Crippen LogP contribution in [0.3, 0.4) is 0 Å². The van der Waals surface area contributed by atoms with Gasteiger partial charge in [-0.2, -0.15) is 5.26 Å². The Bertz CT molecular complexity index is 532. The summed E-state index contributed by atoms with van der Waals surface area (Å²) in [7, 11) is 0. The van der Waals surface area contributed by atoms with E-state index in [0.29, 0.717) is 0 Å². The zero-order valence-corrected chi connectivity index (χ0v) is 10.2. The number of aryl methyl sites for hydroxylation is 1. The fourth-order valence-electron chi connectivity index (χ4n) is 1.41. The number of alkyl halides is 3. The molecule has 102 valence electrons. The van der Waals surface area contributed by atoms with Crippen LogP contribution in [0.15, 0.2) is 12.1 Å². The average molecular weight is 273 g/mol. The fraction of sp³-hybridized carbons (Fsp3) is 0.333. The summed E-state index contributed by atoms with van der Waals surface area (Å²) in [6.07, 6.45) is -4.90. The van der Waals surface area contributed by atoms with Crippen LogP contribution < -0.4 is 4.74 Å². The van der Waals surface area contributed by atoms with Crippen molar-refractivity contribution in [1.29, 1.82) is 5.26 Å². The summed E-state index contributed by atoms with van der Waals surface area (Å²) in [5.41, 5.74) is -0.115. The maximum absolute atomic E-state index is 12.1. The summed E-state index contributed by atoms with van der Waals surface area (Å²) < 4.78 is 44.9. The first-order valence-corrected chi connectivity index (χ1v) is 5.26. The molecule has 19 heavy (non-hydrogen) atoms. The SMILES string of the molecule is CCOC(=O)c1cc(C#N)c(OC(F)(F)F)cc1C. The van der Waals surface area contributed by atoms with E-state index in [4.69, 9.17) is 10.00 Å². The molecule has 1 rings (SSSR count). The van der Waals surface area contributed by atoms with E-state index in [-0.39, 0.29) is 23.3 Å². The minimum absolute atomic E-state index is 0.0351. The monoisotopic (exact) mass is 273 g/mol. The number of hydrogen-bond donors (Lipinski definition) is 0. The lowest BCUT2D eigenvalue weighted by molar-refractivity contribution is -0.274. The molecule has 0 spiro atoms. The third-order valence-corrected chi connectivity index (χ3v) is 2.17. The van der Waals surface area contributed by atoms with E-state index in [9.17, 15) is 18.0 Å². The standard InChI is InChI=1S/C12H10F3NO3/c1-3-18-11(17)9-5-8(6-16)10(4-7(9)2)19-12(13,14)15/h4-5H,3H2,1-2H3. The third kappa shape index (κ3) is 3.88. The van der Waals surface area contributed by atoms with Gasteiger partial charge in [-0.25, -0.2) is 4.79 Å². The lowest BCUT2D eigenvalue weighted by atomic mass is 10.0. The molecule has 0 amide bonds. The highest BCUT2D eigenvalue weighted by molar-refractivity contribution is 5.91. The quantitative estimate of drug-likeness (QED) is 0.794. The summed E-state index contributed by atoms with van der Waals surface area (Å²) >= 11 is 0. The minimum atomic E-state index is -4.90. The summed E-state index contributed by atoms with van der Waals surface area (Å²) in [6.45, 7) is 3.15. The number of nitrogens with zero attached hydrogens (tertiary/aromatic N) is 1. The van der Waals surface area contributed by atoms with Crippen LogP contribution in [-0.4, -0.2) is 18.9 Å². The lowest BCUT2D eigenvalue weighted by Gasteiger charge is -2.13. The van der Waals surface area contributed by atoms with Crippen molar-refractivity contribution in [2.45, 2.75) is 20.2 Å². The minimum Gasteiger partial charge on any atom is -0.462 e. The molecule has 1 aromatic rings. The summed E-state index contributed by atoms with van der Waals surface area (Å²) in [5, 5.41) is 8.79. The molecule has 0 aliphatic heterocycles. The fourth-order valence-corrected chi connectivity index (χ4v) is 1.41. The van der Waals surface area contributed by atoms with Crippen molar-refractivity contribution < 1.29 is 27.4 Å². The normalized spacial score (nSPS) is 10.7. The number of esters is 1. The Hall–Kier alpha value is -2.23. The average Bonchev–Trinajstić information content (AvgIpc) is 2.27. The van der Waals surface area contributed by atoms with Gasteiger partial charge in [-0.05, 0) is 31.5 Å². The van der Waals surface area contributed by atoms with Crippen molar-refractivity contribution in [2.75, 3.05) is 6.61 Å². The second-order valence-electron chi connectivity index (χ2n) is 3.54. The van der Waals surface area contributed by atoms with Gasteiger partial charge in [-0.3, -0.25) is 0 Å². The van der Waals surface area contributed by atoms with E-state index < -0.39 is 18.1 Å². The first-order chi connectivity index (χ1) is 8.78. The highest BCUT2D eigenvalue weighted by atomic mass is 19.4. The number of benzene rings is 1. The number of carbonyl (C=O) groups excluding carboxylic acids is 1. The van der Waals surface area contributed by atoms with E-state index in [0.717, 1.165) is 12.1 Å². The molecule has 0 saturated heterocycles. The van der Waals surface area contributed by atoms with Crippen LogP contribution in [0.25, 0.3) is 0 Å². The van der Waals surface area contributed by atoms with E-state index in [1.54, 1.807) is 13.0 Å². The number of nitriles is 1. The van der Waals surface area contributed by atoms with Crippen molar-refractivity contribution in [3.05, 3.63) is 28.8 Å². The van der Waals surface area contributed by atoms with E-state index >= 15 is 0 Å². The van der Waals surface area contributed by atoms with Gasteiger partial charge in [-0.1, -0.05) is 0 Å². The molecular weight excluding hydrogens is 263 g/mol. The van der Waals surface area contributed by atoms with Crippen molar-refractivity contribution in [2.24, 2.45) is 0 Å². The van der Waals surface area contributed by atoms with Crippen molar-refractivity contribution in [1.82, 2.24) is 0 Å². The molecule has 1 aromatic carbocycles. The summed E-state index contributed by atoms with van der Waals surface area (Å²) in [6, 6.07) is 3.56. The number of rotatable bonds is 3. The van der Waals surface area contributed by atoms with Gasteiger partial charge < -0.3 is 9.47 Å². The van der Waals surface area contributed by atoms with Crippen LogP contribution in [0.4, 0.5) is 13.2 Å². The van der Waals surface area contributed by atoms with Gasteiger partial charge >= 0.3 is 12.3 Å². The highest BCUT2D eigenvalue weighted by Crippen LogP contribution is 2.29. The zero-order valence-electron chi connectivity index (χ0n) is 10.2. The molecule has 0 radical (unpaired) electrons. The highest BCUT2D eigenvalue weighted by Gasteiger charge is 2.32. The second-order valence-corrected chi connectivity index (χ2v) is 3.54. The maximum atomic E-state index is 12.1. The number of halogens is 3. The first kappa shape index (κ1) is 14.8. The van der Waals surface area contributed by atoms with Crippen LogP contribution in [0.5, 0.6) is 5.75 Å². The zero-order chi connectivity index (χ0) is 14.6. The predicted octanol–water partition coefficient (Wildman–Crippen LogP) is 2.94. The van der Waals surface area contributed by atoms with Crippen molar-refractivity contribution in [3.63, 3.8) is 0 Å². The molecule has 0 aromatic heterocycles. The Morgan fingerprint density at radius 3 is 2.53 bits per heavy atom. The molecule has 0 atom stereocenters. The van der Waals surface area contributed by atoms with Gasteiger partial charge in [0.2, 0.25) is 0 Å². The van der Waals surface area contributed by atoms with Crippen LogP contribution in [0.2, 0.25) is 0 Å². The molecule has 0 aliphatic rings. The Labute approximate surface area is 107 Å². The third-order valence-electron chi connectivity index (χ3n) is 2.17. The second kappa shape index (κ2) is 5.61. The van der Waals surface area contributed by atoms with Gasteiger partial charge in [0.15, 0.2) is 0 Å². The Morgan fingerprint density at radius 2 is 2.05 bits per heavy atom. The van der Waals surface area contributed by atoms with Crippen LogP contribution >= 0.6 is 0 Å². The number of hydrogen-bond acceptors (Lipinski definition) is 4. The van der Waals surface area contributed by atoms with Gasteiger partial charge in [0.25, 0.3) is 0 Å². The molecule has 0 aliphatic carbocycles. The smallest absolute Gasteiger partial charge is 0.462 e. The van der Waals surface area contributed by atoms with E-state index in [1.807, 2.05) is 0 Å². The largest absolute Gasteiger partial charge is 0.573 e. The molecule has 7 heteroatoms. The molecule has 0 saturated carbocycles. The van der Waals surface area contributed by atoms with Crippen LogP contribution in [0.1, 0.15) is 28.4 Å². The van der Waals surface area contributed by atoms with Crippen molar-refractivity contribution in [3.8, 4) is 11.8 Å². The van der Waals surface area contributed by atoms with Crippen LogP contribution in [-0.2, 0) is 4.74 Å². The Kier molecular flexibility index (Phi) is 4.38. The predicted molar refractivity (Wildman–Crippen MR) is 58.5 cm³/mol. The van der Waals surface area contributed by atoms with Crippen LogP contribution in [0, 0.1) is 18.3 Å². The molecule has 0 N–H and O–H groups in total. The Morgan fingerprint density at radius 1 is 1.42 bits per heavy atom. The van der Waals surface area contributed by atoms with Gasteiger partial charge in [0.1, 0.15) is 11.8 Å². The molecule has 0 fully saturated rings. The molecule has 4 nitrogen and oxygen atoms in total. The van der Waals surface area contributed by atoms with Crippen molar-refractivity contribution >= 4 is 5.97 Å². The Balaban J connectivity index is 3.22. The molecule has 0 heterocycles. The summed E-state index contributed by atoms with van der Waals surface area (Å²) in [4.78, 5) is 11.5. The first-order valence-electron chi connectivity index (χ1n) is 5.26. The maximum Gasteiger partial charge on any atom is 0.573 e. The topological polar surface area (TPSA) is 59.3 Å². The molecule has 0 bridgehead atoms. The van der Waals surface area contributed by atoms with Gasteiger partial charge in [-0.15, -0.1) is 13.2 Å².